The summed E-state index contributed by atoms with van der Waals surface area (Å²) >= 11 is 1.56. The molecule has 7 nitrogen and oxygen atoms in total. The molecule has 1 fully saturated rings. The van der Waals surface area contributed by atoms with Crippen LogP contribution in [0.5, 0.6) is 5.75 Å². The van der Waals surface area contributed by atoms with E-state index in [0.717, 1.165) is 23.5 Å². The first-order valence-electron chi connectivity index (χ1n) is 10.9. The van der Waals surface area contributed by atoms with Gasteiger partial charge in [-0.15, -0.1) is 11.3 Å². The van der Waals surface area contributed by atoms with E-state index in [1.165, 1.54) is 0 Å². The van der Waals surface area contributed by atoms with Crippen molar-refractivity contribution in [2.75, 3.05) is 18.4 Å². The summed E-state index contributed by atoms with van der Waals surface area (Å²) in [6, 6.07) is 13.2. The number of hydrogen-bond donors (Lipinski definition) is 1. The molecule has 0 aliphatic carbocycles. The number of aromatic nitrogens is 1. The maximum Gasteiger partial charge on any atom is 0.255 e. The van der Waals surface area contributed by atoms with Crippen molar-refractivity contribution in [3.63, 3.8) is 0 Å². The van der Waals surface area contributed by atoms with Crippen LogP contribution in [0.2, 0.25) is 0 Å². The Morgan fingerprint density at radius 2 is 1.91 bits per heavy atom. The van der Waals surface area contributed by atoms with Crippen molar-refractivity contribution >= 4 is 33.0 Å². The number of sulfonamides is 1. The molecule has 2 heterocycles. The van der Waals surface area contributed by atoms with E-state index in [4.69, 9.17) is 4.74 Å². The van der Waals surface area contributed by atoms with Crippen LogP contribution < -0.4 is 10.1 Å². The van der Waals surface area contributed by atoms with E-state index in [9.17, 15) is 13.2 Å². The van der Waals surface area contributed by atoms with E-state index in [1.54, 1.807) is 64.2 Å². The summed E-state index contributed by atoms with van der Waals surface area (Å²) < 4.78 is 33.0. The lowest BCUT2D eigenvalue weighted by atomic mass is 10.0. The molecule has 1 aromatic heterocycles. The molecule has 4 rings (SSSR count). The quantitative estimate of drug-likeness (QED) is 0.524. The van der Waals surface area contributed by atoms with Crippen LogP contribution in [0, 0.1) is 12.8 Å². The average molecular weight is 486 g/mol. The third-order valence-electron chi connectivity index (χ3n) is 5.64. The lowest BCUT2D eigenvalue weighted by molar-refractivity contribution is 0.102. The lowest BCUT2D eigenvalue weighted by Crippen LogP contribution is -2.37. The molecule has 0 atom stereocenters. The number of piperidine rings is 1. The molecule has 9 heteroatoms. The van der Waals surface area contributed by atoms with Gasteiger partial charge in [0.15, 0.2) is 0 Å². The van der Waals surface area contributed by atoms with Gasteiger partial charge in [0.25, 0.3) is 5.91 Å². The van der Waals surface area contributed by atoms with E-state index in [2.05, 4.69) is 17.2 Å². The monoisotopic (exact) mass is 485 g/mol. The van der Waals surface area contributed by atoms with Crippen LogP contribution in [0.1, 0.15) is 40.8 Å². The number of amides is 1. The highest BCUT2D eigenvalue weighted by molar-refractivity contribution is 7.89. The number of nitrogens with one attached hydrogen (secondary N) is 1. The summed E-state index contributed by atoms with van der Waals surface area (Å²) in [7, 11) is -3.52. The predicted octanol–water partition coefficient (Wildman–Crippen LogP) is 4.70. The van der Waals surface area contributed by atoms with E-state index in [-0.39, 0.29) is 10.8 Å². The number of benzene rings is 2. The molecule has 1 aliphatic rings. The van der Waals surface area contributed by atoms with Gasteiger partial charge in [0.2, 0.25) is 10.0 Å². The number of aryl methyl sites for hydroxylation is 1. The summed E-state index contributed by atoms with van der Waals surface area (Å²) in [4.78, 5) is 17.3. The Morgan fingerprint density at radius 3 is 2.58 bits per heavy atom. The number of rotatable bonds is 7. The first kappa shape index (κ1) is 23.4. The molecule has 174 valence electrons. The Hall–Kier alpha value is -2.75. The minimum Gasteiger partial charge on any atom is -0.487 e. The van der Waals surface area contributed by atoms with Crippen LogP contribution >= 0.6 is 11.3 Å². The Bertz CT molecular complexity index is 1210. The van der Waals surface area contributed by atoms with Crippen molar-refractivity contribution in [3.8, 4) is 5.75 Å². The first-order chi connectivity index (χ1) is 15.8. The van der Waals surface area contributed by atoms with Crippen LogP contribution in [-0.2, 0) is 16.6 Å². The molecule has 0 unspecified atom stereocenters. The number of carbonyl (C=O) groups is 1. The number of hydrogen-bond acceptors (Lipinski definition) is 6. The van der Waals surface area contributed by atoms with Crippen molar-refractivity contribution in [2.45, 2.75) is 38.2 Å². The van der Waals surface area contributed by atoms with Crippen LogP contribution in [0.3, 0.4) is 0 Å². The highest BCUT2D eigenvalue weighted by Gasteiger charge is 2.27. The Morgan fingerprint density at radius 1 is 1.18 bits per heavy atom. The van der Waals surface area contributed by atoms with Gasteiger partial charge in [-0.25, -0.2) is 13.4 Å². The second-order valence-electron chi connectivity index (χ2n) is 8.24. The molecule has 33 heavy (non-hydrogen) atoms. The standard InChI is InChI=1S/C24H27N3O4S2/c1-17-10-12-27(13-11-17)33(29,30)23-8-6-20(7-9-23)26-24(28)19-4-3-5-22(14-19)31-15-21-16-32-18(2)25-21/h3-9,14,16-17H,10-13,15H2,1-2H3,(H,26,28). The summed E-state index contributed by atoms with van der Waals surface area (Å²) in [5, 5.41) is 5.74. The van der Waals surface area contributed by atoms with E-state index in [0.29, 0.717) is 42.6 Å². The molecule has 1 N–H and O–H groups in total. The minimum atomic E-state index is -3.52. The van der Waals surface area contributed by atoms with E-state index >= 15 is 0 Å². The van der Waals surface area contributed by atoms with E-state index in [1.807, 2.05) is 12.3 Å². The largest absolute Gasteiger partial charge is 0.487 e. The number of carbonyl (C=O) groups excluding carboxylic acids is 1. The lowest BCUT2D eigenvalue weighted by Gasteiger charge is -2.29. The topological polar surface area (TPSA) is 88.6 Å². The molecular weight excluding hydrogens is 458 g/mol. The van der Waals surface area contributed by atoms with Crippen LogP contribution in [0.4, 0.5) is 5.69 Å². The SMILES string of the molecule is Cc1nc(COc2cccc(C(=O)Nc3ccc(S(=O)(=O)N4CCC(C)CC4)cc3)c2)cs1. The first-order valence-corrected chi connectivity index (χ1v) is 13.2. The molecule has 2 aromatic carbocycles. The Kier molecular flexibility index (Phi) is 7.11. The second kappa shape index (κ2) is 10.0. The molecule has 1 amide bonds. The molecule has 1 saturated heterocycles. The highest BCUT2D eigenvalue weighted by Crippen LogP contribution is 2.25. The van der Waals surface area contributed by atoms with Crippen LogP contribution in [0.25, 0.3) is 0 Å². The maximum absolute atomic E-state index is 12.9. The van der Waals surface area contributed by atoms with Gasteiger partial charge in [0.05, 0.1) is 15.6 Å². The van der Waals surface area contributed by atoms with Crippen molar-refractivity contribution < 1.29 is 17.9 Å². The molecule has 0 saturated carbocycles. The highest BCUT2D eigenvalue weighted by atomic mass is 32.2. The fraction of sp³-hybridized carbons (Fsp3) is 0.333. The van der Waals surface area contributed by atoms with Gasteiger partial charge in [-0.1, -0.05) is 13.0 Å². The molecule has 1 aliphatic heterocycles. The fourth-order valence-corrected chi connectivity index (χ4v) is 5.71. The smallest absolute Gasteiger partial charge is 0.255 e. The Balaban J connectivity index is 1.38. The maximum atomic E-state index is 12.9. The summed E-state index contributed by atoms with van der Waals surface area (Å²) in [6.45, 7) is 5.51. The van der Waals surface area contributed by atoms with E-state index < -0.39 is 10.0 Å². The normalized spacial score (nSPS) is 15.3. The Labute approximate surface area is 198 Å². The zero-order valence-corrected chi connectivity index (χ0v) is 20.3. The number of ether oxygens (including phenoxy) is 1. The molecule has 0 radical (unpaired) electrons. The summed E-state index contributed by atoms with van der Waals surface area (Å²) in [5.74, 6) is 0.825. The van der Waals surface area contributed by atoms with Gasteiger partial charge < -0.3 is 10.1 Å². The zero-order valence-electron chi connectivity index (χ0n) is 18.7. The third kappa shape index (κ3) is 5.79. The van der Waals surface area contributed by atoms with Gasteiger partial charge in [-0.2, -0.15) is 4.31 Å². The van der Waals surface area contributed by atoms with Gasteiger partial charge in [0, 0.05) is 29.7 Å². The van der Waals surface area contributed by atoms with Gasteiger partial charge in [0.1, 0.15) is 12.4 Å². The van der Waals surface area contributed by atoms with Crippen molar-refractivity contribution in [1.82, 2.24) is 9.29 Å². The van der Waals surface area contributed by atoms with Crippen molar-refractivity contribution in [3.05, 3.63) is 70.2 Å². The van der Waals surface area contributed by atoms with Gasteiger partial charge >= 0.3 is 0 Å². The van der Waals surface area contributed by atoms with Crippen LogP contribution in [0.15, 0.2) is 58.8 Å². The molecule has 3 aromatic rings. The van der Waals surface area contributed by atoms with Crippen molar-refractivity contribution in [2.24, 2.45) is 5.92 Å². The number of anilines is 1. The summed E-state index contributed by atoms with van der Waals surface area (Å²) in [6.07, 6.45) is 1.75. The van der Waals surface area contributed by atoms with Crippen LogP contribution in [-0.4, -0.2) is 36.7 Å². The minimum absolute atomic E-state index is 0.239. The number of thiazole rings is 1. The summed E-state index contributed by atoms with van der Waals surface area (Å²) in [5.41, 5.74) is 1.82. The second-order valence-corrected chi connectivity index (χ2v) is 11.2. The third-order valence-corrected chi connectivity index (χ3v) is 8.38. The zero-order chi connectivity index (χ0) is 23.4. The van der Waals surface area contributed by atoms with Gasteiger partial charge in [-0.05, 0) is 68.1 Å². The predicted molar refractivity (Wildman–Crippen MR) is 129 cm³/mol. The van der Waals surface area contributed by atoms with Gasteiger partial charge in [-0.3, -0.25) is 4.79 Å². The molecular formula is C24H27N3O4S2. The molecule has 0 spiro atoms. The fourth-order valence-electron chi connectivity index (χ4n) is 3.65. The number of nitrogens with zero attached hydrogens (tertiary/aromatic N) is 2. The average Bonchev–Trinajstić information content (AvgIpc) is 3.23. The van der Waals surface area contributed by atoms with Crippen molar-refractivity contribution in [1.29, 1.82) is 0 Å². The molecule has 0 bridgehead atoms.